The molecule has 1 heterocycles. The smallest absolute Gasteiger partial charge is 0.240 e. The lowest BCUT2D eigenvalue weighted by molar-refractivity contribution is -0.115. The van der Waals surface area contributed by atoms with Crippen LogP contribution in [0.25, 0.3) is 0 Å². The van der Waals surface area contributed by atoms with E-state index in [1.54, 1.807) is 26.0 Å². The van der Waals surface area contributed by atoms with Crippen molar-refractivity contribution in [1.82, 2.24) is 9.71 Å². The molecule has 1 aromatic carbocycles. The molecule has 9 heteroatoms. The summed E-state index contributed by atoms with van der Waals surface area (Å²) in [4.78, 5) is 16.8. The molecule has 0 fully saturated rings. The number of sulfonamides is 1. The maximum absolute atomic E-state index is 12.3. The lowest BCUT2D eigenvalue weighted by atomic mass is 10.3. The highest BCUT2D eigenvalue weighted by molar-refractivity contribution is 8.02. The lowest BCUT2D eigenvalue weighted by Crippen LogP contribution is -2.30. The van der Waals surface area contributed by atoms with E-state index in [-0.39, 0.29) is 22.1 Å². The number of amides is 1. The zero-order chi connectivity index (χ0) is 18.6. The molecule has 0 spiro atoms. The Morgan fingerprint density at radius 1 is 1.20 bits per heavy atom. The minimum absolute atomic E-state index is 0.159. The molecule has 0 radical (unpaired) electrons. The summed E-state index contributed by atoms with van der Waals surface area (Å²) in [5.41, 5.74) is 1.49. The summed E-state index contributed by atoms with van der Waals surface area (Å²) in [6.45, 7) is 7.24. The van der Waals surface area contributed by atoms with Crippen LogP contribution in [-0.4, -0.2) is 30.6 Å². The molecule has 1 amide bonds. The molecule has 25 heavy (non-hydrogen) atoms. The maximum Gasteiger partial charge on any atom is 0.240 e. The van der Waals surface area contributed by atoms with E-state index in [0.717, 1.165) is 10.0 Å². The number of aromatic nitrogens is 1. The van der Waals surface area contributed by atoms with Gasteiger partial charge >= 0.3 is 0 Å². The van der Waals surface area contributed by atoms with Gasteiger partial charge in [0.2, 0.25) is 15.9 Å². The Labute approximate surface area is 156 Å². The van der Waals surface area contributed by atoms with E-state index < -0.39 is 10.0 Å². The van der Waals surface area contributed by atoms with Crippen LogP contribution in [0.5, 0.6) is 0 Å². The van der Waals surface area contributed by atoms with Gasteiger partial charge in [-0.2, -0.15) is 0 Å². The zero-order valence-corrected chi connectivity index (χ0v) is 16.9. The fraction of sp³-hybridized carbons (Fsp3) is 0.375. The number of carbonyl (C=O) groups excluding carboxylic acids is 1. The van der Waals surface area contributed by atoms with E-state index in [1.807, 2.05) is 19.2 Å². The molecule has 0 bridgehead atoms. The number of hydrogen-bond donors (Lipinski definition) is 2. The Morgan fingerprint density at radius 3 is 2.36 bits per heavy atom. The van der Waals surface area contributed by atoms with Crippen molar-refractivity contribution in [1.29, 1.82) is 0 Å². The first kappa shape index (κ1) is 19.9. The monoisotopic (exact) mass is 399 g/mol. The van der Waals surface area contributed by atoms with Gasteiger partial charge in [0, 0.05) is 22.8 Å². The molecule has 0 saturated carbocycles. The molecule has 2 aromatic rings. The van der Waals surface area contributed by atoms with E-state index >= 15 is 0 Å². The third-order valence-electron chi connectivity index (χ3n) is 3.07. The number of rotatable bonds is 7. The highest BCUT2D eigenvalue weighted by Gasteiger charge is 2.18. The fourth-order valence-electron chi connectivity index (χ4n) is 1.93. The number of nitrogens with zero attached hydrogens (tertiary/aromatic N) is 1. The van der Waals surface area contributed by atoms with Gasteiger partial charge in [-0.05, 0) is 52.0 Å². The van der Waals surface area contributed by atoms with Crippen molar-refractivity contribution >= 4 is 44.7 Å². The van der Waals surface area contributed by atoms with Crippen LogP contribution in [0, 0.1) is 6.92 Å². The second-order valence-electron chi connectivity index (χ2n) is 5.80. The van der Waals surface area contributed by atoms with Crippen LogP contribution in [0.2, 0.25) is 0 Å². The maximum atomic E-state index is 12.3. The standard InChI is InChI=1S/C16H21N3O3S3/c1-10(2)19-25(21,22)14-7-5-13(6-8-14)18-15(20)12(4)24-16-17-11(3)9-23-16/h5-10,12,19H,1-4H3,(H,18,20). The van der Waals surface area contributed by atoms with Gasteiger partial charge in [0.25, 0.3) is 0 Å². The van der Waals surface area contributed by atoms with Gasteiger partial charge in [-0.3, -0.25) is 4.79 Å². The van der Waals surface area contributed by atoms with Crippen molar-refractivity contribution < 1.29 is 13.2 Å². The summed E-state index contributed by atoms with van der Waals surface area (Å²) >= 11 is 2.90. The normalized spacial score (nSPS) is 13.0. The molecule has 1 unspecified atom stereocenters. The molecule has 136 valence electrons. The molecule has 1 aromatic heterocycles. The largest absolute Gasteiger partial charge is 0.325 e. The minimum Gasteiger partial charge on any atom is -0.325 e. The van der Waals surface area contributed by atoms with E-state index in [1.165, 1.54) is 35.2 Å². The average molecular weight is 400 g/mol. The summed E-state index contributed by atoms with van der Waals surface area (Å²) in [5.74, 6) is -0.159. The van der Waals surface area contributed by atoms with Gasteiger partial charge in [0.1, 0.15) is 0 Å². The number of thioether (sulfide) groups is 1. The quantitative estimate of drug-likeness (QED) is 0.698. The molecule has 2 rings (SSSR count). The van der Waals surface area contributed by atoms with Gasteiger partial charge in [-0.15, -0.1) is 11.3 Å². The molecular weight excluding hydrogens is 378 g/mol. The predicted octanol–water partition coefficient (Wildman–Crippen LogP) is 3.26. The Hall–Kier alpha value is -1.42. The number of hydrogen-bond acceptors (Lipinski definition) is 6. The number of aryl methyl sites for hydroxylation is 1. The Kier molecular flexibility index (Phi) is 6.61. The third-order valence-corrected chi connectivity index (χ3v) is 6.93. The molecule has 0 saturated heterocycles. The van der Waals surface area contributed by atoms with Crippen LogP contribution in [0.1, 0.15) is 26.5 Å². The first-order chi connectivity index (χ1) is 11.7. The van der Waals surface area contributed by atoms with Gasteiger partial charge in [0.15, 0.2) is 4.34 Å². The summed E-state index contributed by atoms with van der Waals surface area (Å²) in [7, 11) is -3.53. The minimum atomic E-state index is -3.53. The zero-order valence-electron chi connectivity index (χ0n) is 14.4. The molecule has 0 aliphatic rings. The van der Waals surface area contributed by atoms with E-state index in [2.05, 4.69) is 15.0 Å². The SMILES string of the molecule is Cc1csc(SC(C)C(=O)Nc2ccc(S(=O)(=O)NC(C)C)cc2)n1. The first-order valence-electron chi connectivity index (χ1n) is 7.69. The van der Waals surface area contributed by atoms with Crippen molar-refractivity contribution in [3.05, 3.63) is 35.3 Å². The topological polar surface area (TPSA) is 88.2 Å². The summed E-state index contributed by atoms with van der Waals surface area (Å²) < 4.78 is 27.5. The van der Waals surface area contributed by atoms with Crippen molar-refractivity contribution in [3.63, 3.8) is 0 Å². The Morgan fingerprint density at radius 2 is 1.84 bits per heavy atom. The Balaban J connectivity index is 1.99. The fourth-order valence-corrected chi connectivity index (χ4v) is 5.17. The number of carbonyl (C=O) groups is 1. The lowest BCUT2D eigenvalue weighted by Gasteiger charge is -2.12. The second-order valence-corrected chi connectivity index (χ2v) is 9.96. The third kappa shape index (κ3) is 5.81. The van der Waals surface area contributed by atoms with Crippen LogP contribution in [-0.2, 0) is 14.8 Å². The molecule has 0 aliphatic carbocycles. The molecule has 6 nitrogen and oxygen atoms in total. The highest BCUT2D eigenvalue weighted by atomic mass is 32.2. The van der Waals surface area contributed by atoms with Crippen LogP contribution in [0.3, 0.4) is 0 Å². The molecule has 0 aliphatic heterocycles. The van der Waals surface area contributed by atoms with E-state index in [9.17, 15) is 13.2 Å². The highest BCUT2D eigenvalue weighted by Crippen LogP contribution is 2.27. The van der Waals surface area contributed by atoms with Gasteiger partial charge < -0.3 is 5.32 Å². The average Bonchev–Trinajstić information content (AvgIpc) is 2.91. The van der Waals surface area contributed by atoms with Crippen LogP contribution >= 0.6 is 23.1 Å². The number of thiazole rings is 1. The van der Waals surface area contributed by atoms with Gasteiger partial charge in [-0.25, -0.2) is 18.1 Å². The van der Waals surface area contributed by atoms with Crippen molar-refractivity contribution in [2.45, 2.75) is 48.2 Å². The van der Waals surface area contributed by atoms with Crippen molar-refractivity contribution in [2.24, 2.45) is 0 Å². The second kappa shape index (κ2) is 8.31. The van der Waals surface area contributed by atoms with E-state index in [4.69, 9.17) is 0 Å². The summed E-state index contributed by atoms with van der Waals surface area (Å²) in [6.07, 6.45) is 0. The molecular formula is C16H21N3O3S3. The van der Waals surface area contributed by atoms with Crippen LogP contribution < -0.4 is 10.0 Å². The first-order valence-corrected chi connectivity index (χ1v) is 10.9. The molecule has 1 atom stereocenters. The number of anilines is 1. The van der Waals surface area contributed by atoms with Crippen molar-refractivity contribution in [2.75, 3.05) is 5.32 Å². The van der Waals surface area contributed by atoms with Gasteiger partial charge in [-0.1, -0.05) is 11.8 Å². The van der Waals surface area contributed by atoms with E-state index in [0.29, 0.717) is 5.69 Å². The number of benzene rings is 1. The molecule has 2 N–H and O–H groups in total. The van der Waals surface area contributed by atoms with Crippen LogP contribution in [0.4, 0.5) is 5.69 Å². The summed E-state index contributed by atoms with van der Waals surface area (Å²) in [6, 6.07) is 5.93. The Bertz CT molecular complexity index is 830. The van der Waals surface area contributed by atoms with Gasteiger partial charge in [0.05, 0.1) is 10.1 Å². The predicted molar refractivity (Wildman–Crippen MR) is 103 cm³/mol. The summed E-state index contributed by atoms with van der Waals surface area (Å²) in [5, 5.41) is 4.42. The van der Waals surface area contributed by atoms with Crippen LogP contribution in [0.15, 0.2) is 38.9 Å². The van der Waals surface area contributed by atoms with Crippen molar-refractivity contribution in [3.8, 4) is 0 Å². The number of nitrogens with one attached hydrogen (secondary N) is 2.